The zero-order valence-electron chi connectivity index (χ0n) is 9.81. The summed E-state index contributed by atoms with van der Waals surface area (Å²) in [6.07, 6.45) is 0. The van der Waals surface area contributed by atoms with Gasteiger partial charge in [0, 0.05) is 13.6 Å². The zero-order chi connectivity index (χ0) is 13.8. The minimum absolute atomic E-state index is 0.173. The third-order valence-electron chi connectivity index (χ3n) is 2.72. The first kappa shape index (κ1) is 14.2. The fourth-order valence-corrected chi connectivity index (χ4v) is 2.84. The van der Waals surface area contributed by atoms with Gasteiger partial charge in [-0.05, 0) is 46.4 Å². The molecule has 1 unspecified atom stereocenters. The van der Waals surface area contributed by atoms with Gasteiger partial charge >= 0.3 is 0 Å². The summed E-state index contributed by atoms with van der Waals surface area (Å²) in [5, 5.41) is 9.31. The van der Waals surface area contributed by atoms with Crippen molar-refractivity contribution in [3.05, 3.63) is 67.7 Å². The molecule has 1 atom stereocenters. The molecule has 0 aliphatic rings. The normalized spacial score (nSPS) is 11.6. The van der Waals surface area contributed by atoms with Crippen molar-refractivity contribution in [2.75, 3.05) is 0 Å². The first-order valence-electron chi connectivity index (χ1n) is 5.57. The molecule has 0 amide bonds. The Bertz CT molecular complexity index is 663. The molecule has 4 heteroatoms. The van der Waals surface area contributed by atoms with Crippen LogP contribution in [0.15, 0.2) is 53.0 Å². The van der Waals surface area contributed by atoms with Gasteiger partial charge in [0.05, 0.1) is 6.07 Å². The molecule has 0 bridgehead atoms. The van der Waals surface area contributed by atoms with E-state index in [1.54, 1.807) is 18.2 Å². The molecule has 19 heavy (non-hydrogen) atoms. The predicted octanol–water partition coefficient (Wildman–Crippen LogP) is 4.54. The number of benzene rings is 2. The van der Waals surface area contributed by atoms with Gasteiger partial charge in [-0.15, -0.1) is 0 Å². The molecule has 0 radical (unpaired) electrons. The summed E-state index contributed by atoms with van der Waals surface area (Å²) in [5.74, 6) is -0.957. The zero-order valence-corrected chi connectivity index (χ0v) is 13.6. The predicted molar refractivity (Wildman–Crippen MR) is 86.0 cm³/mol. The van der Waals surface area contributed by atoms with Gasteiger partial charge in [0.1, 0.15) is 5.92 Å². The van der Waals surface area contributed by atoms with Crippen molar-refractivity contribution >= 4 is 44.3 Å². The van der Waals surface area contributed by atoms with E-state index < -0.39 is 5.92 Å². The quantitative estimate of drug-likeness (QED) is 0.534. The highest BCUT2D eigenvalue weighted by atomic mass is 127. The second kappa shape index (κ2) is 6.31. The number of Topliss-reactive ketones (excluding diaryl/α,β-unsaturated/α-hetero) is 1. The lowest BCUT2D eigenvalue weighted by Crippen LogP contribution is -2.12. The van der Waals surface area contributed by atoms with E-state index in [9.17, 15) is 10.1 Å². The Morgan fingerprint density at radius 3 is 2.58 bits per heavy atom. The van der Waals surface area contributed by atoms with Gasteiger partial charge in [-0.3, -0.25) is 4.79 Å². The number of nitrogens with zero attached hydrogens (tertiary/aromatic N) is 1. The lowest BCUT2D eigenvalue weighted by molar-refractivity contribution is 0.0978. The monoisotopic (exact) mass is 425 g/mol. The largest absolute Gasteiger partial charge is 0.292 e. The van der Waals surface area contributed by atoms with Gasteiger partial charge in [0.15, 0.2) is 5.78 Å². The highest BCUT2D eigenvalue weighted by Crippen LogP contribution is 2.27. The molecule has 2 nitrogen and oxygen atoms in total. The van der Waals surface area contributed by atoms with Crippen LogP contribution >= 0.6 is 38.5 Å². The second-order valence-electron chi connectivity index (χ2n) is 3.96. The van der Waals surface area contributed by atoms with E-state index >= 15 is 0 Å². The van der Waals surface area contributed by atoms with E-state index in [0.717, 1.165) is 8.04 Å². The van der Waals surface area contributed by atoms with E-state index in [2.05, 4.69) is 44.6 Å². The lowest BCUT2D eigenvalue weighted by Gasteiger charge is -2.10. The summed E-state index contributed by atoms with van der Waals surface area (Å²) >= 11 is 5.54. The van der Waals surface area contributed by atoms with Crippen LogP contribution < -0.4 is 0 Å². The van der Waals surface area contributed by atoms with Gasteiger partial charge < -0.3 is 0 Å². The minimum atomic E-state index is -0.784. The summed E-state index contributed by atoms with van der Waals surface area (Å²) in [5.41, 5.74) is 1.27. The van der Waals surface area contributed by atoms with Gasteiger partial charge in [-0.1, -0.05) is 46.3 Å². The molecular formula is C15H9BrINO. The van der Waals surface area contributed by atoms with Crippen molar-refractivity contribution in [1.82, 2.24) is 0 Å². The molecule has 0 saturated heterocycles. The molecule has 2 aromatic rings. The van der Waals surface area contributed by atoms with Gasteiger partial charge in [0.25, 0.3) is 0 Å². The Labute approximate surface area is 133 Å². The van der Waals surface area contributed by atoms with Crippen molar-refractivity contribution < 1.29 is 4.79 Å². The number of hydrogen-bond acceptors (Lipinski definition) is 2. The van der Waals surface area contributed by atoms with Crippen LogP contribution in [0.2, 0.25) is 0 Å². The summed E-state index contributed by atoms with van der Waals surface area (Å²) < 4.78 is 1.76. The van der Waals surface area contributed by atoms with Crippen molar-refractivity contribution in [2.45, 2.75) is 5.92 Å². The average molecular weight is 426 g/mol. The van der Waals surface area contributed by atoms with Crippen molar-refractivity contribution in [2.24, 2.45) is 0 Å². The third kappa shape index (κ3) is 3.23. The van der Waals surface area contributed by atoms with Crippen LogP contribution in [0.4, 0.5) is 0 Å². The summed E-state index contributed by atoms with van der Waals surface area (Å²) in [4.78, 5) is 12.4. The molecule has 0 N–H and O–H groups in total. The standard InChI is InChI=1S/C15H9BrINO/c16-14-7-2-1-6-12(14)13(9-18)15(19)10-4-3-5-11(17)8-10/h1-8,13H. The van der Waals surface area contributed by atoms with Crippen molar-refractivity contribution in [3.63, 3.8) is 0 Å². The summed E-state index contributed by atoms with van der Waals surface area (Å²) in [6, 6.07) is 16.7. The van der Waals surface area contributed by atoms with E-state index in [4.69, 9.17) is 0 Å². The smallest absolute Gasteiger partial charge is 0.184 e. The maximum Gasteiger partial charge on any atom is 0.184 e. The molecule has 0 spiro atoms. The molecule has 0 aliphatic heterocycles. The van der Waals surface area contributed by atoms with Crippen LogP contribution in [0, 0.1) is 14.9 Å². The van der Waals surface area contributed by atoms with E-state index in [1.165, 1.54) is 0 Å². The first-order valence-corrected chi connectivity index (χ1v) is 7.44. The van der Waals surface area contributed by atoms with Gasteiger partial charge in [-0.25, -0.2) is 0 Å². The number of ketones is 1. The topological polar surface area (TPSA) is 40.9 Å². The van der Waals surface area contributed by atoms with Crippen LogP contribution in [-0.2, 0) is 0 Å². The Kier molecular flexibility index (Phi) is 4.72. The Balaban J connectivity index is 2.42. The summed E-state index contributed by atoms with van der Waals surface area (Å²) in [6.45, 7) is 0. The molecule has 2 aromatic carbocycles. The minimum Gasteiger partial charge on any atom is -0.292 e. The van der Waals surface area contributed by atoms with Crippen LogP contribution in [-0.4, -0.2) is 5.78 Å². The van der Waals surface area contributed by atoms with Crippen molar-refractivity contribution in [1.29, 1.82) is 5.26 Å². The highest BCUT2D eigenvalue weighted by Gasteiger charge is 2.23. The summed E-state index contributed by atoms with van der Waals surface area (Å²) in [7, 11) is 0. The SMILES string of the molecule is N#CC(C(=O)c1cccc(I)c1)c1ccccc1Br. The van der Waals surface area contributed by atoms with E-state index in [-0.39, 0.29) is 5.78 Å². The number of carbonyl (C=O) groups is 1. The molecule has 0 fully saturated rings. The van der Waals surface area contributed by atoms with Crippen LogP contribution in [0.5, 0.6) is 0 Å². The second-order valence-corrected chi connectivity index (χ2v) is 6.06. The van der Waals surface area contributed by atoms with Gasteiger partial charge in [0.2, 0.25) is 0 Å². The molecule has 94 valence electrons. The Morgan fingerprint density at radius 1 is 1.21 bits per heavy atom. The lowest BCUT2D eigenvalue weighted by atomic mass is 9.92. The number of nitriles is 1. The fourth-order valence-electron chi connectivity index (χ4n) is 1.79. The van der Waals surface area contributed by atoms with E-state index in [1.807, 2.05) is 30.3 Å². The molecule has 0 heterocycles. The van der Waals surface area contributed by atoms with Crippen LogP contribution in [0.25, 0.3) is 0 Å². The molecule has 2 rings (SSSR count). The number of rotatable bonds is 3. The Hall–Kier alpha value is -1.19. The highest BCUT2D eigenvalue weighted by molar-refractivity contribution is 14.1. The molecule has 0 aliphatic carbocycles. The van der Waals surface area contributed by atoms with Crippen LogP contribution in [0.3, 0.4) is 0 Å². The average Bonchev–Trinajstić information content (AvgIpc) is 2.41. The third-order valence-corrected chi connectivity index (χ3v) is 4.11. The Morgan fingerprint density at radius 2 is 1.95 bits per heavy atom. The first-order chi connectivity index (χ1) is 9.13. The van der Waals surface area contributed by atoms with Crippen molar-refractivity contribution in [3.8, 4) is 6.07 Å². The maximum atomic E-state index is 12.4. The van der Waals surface area contributed by atoms with E-state index in [0.29, 0.717) is 11.1 Å². The number of halogens is 2. The number of carbonyl (C=O) groups excluding carboxylic acids is 1. The molecule has 0 aromatic heterocycles. The maximum absolute atomic E-state index is 12.4. The molecular weight excluding hydrogens is 417 g/mol. The fraction of sp³-hybridized carbons (Fsp3) is 0.0667. The molecule has 0 saturated carbocycles. The number of hydrogen-bond donors (Lipinski definition) is 0. The van der Waals surface area contributed by atoms with Gasteiger partial charge in [-0.2, -0.15) is 5.26 Å². The van der Waals surface area contributed by atoms with Crippen LogP contribution in [0.1, 0.15) is 21.8 Å².